The number of carbonyl (C=O) groups is 1. The Kier molecular flexibility index (Phi) is 3.88. The molecule has 1 aliphatic heterocycles. The van der Waals surface area contributed by atoms with Gasteiger partial charge in [0, 0.05) is 35.8 Å². The van der Waals surface area contributed by atoms with Crippen LogP contribution in [0.1, 0.15) is 6.42 Å². The van der Waals surface area contributed by atoms with E-state index in [1.165, 1.54) is 0 Å². The Hall–Kier alpha value is -1.41. The second-order valence-corrected chi connectivity index (χ2v) is 7.15. The Labute approximate surface area is 118 Å². The van der Waals surface area contributed by atoms with Crippen LogP contribution in [0.5, 0.6) is 5.75 Å². The first-order valence-electron chi connectivity index (χ1n) is 5.51. The smallest absolute Gasteiger partial charge is 0.237 e. The molecule has 1 aliphatic rings. The number of nitrogens with zero attached hydrogens (tertiary/aromatic N) is 1. The highest BCUT2D eigenvalue weighted by Gasteiger charge is 2.39. The summed E-state index contributed by atoms with van der Waals surface area (Å²) < 4.78 is 54.2. The SMILES string of the molecule is COc1c(F)cc(F)cc1N1CC(S(=O)(=O)Cl)CC1=O. The van der Waals surface area contributed by atoms with Crippen molar-refractivity contribution in [2.45, 2.75) is 11.7 Å². The Morgan fingerprint density at radius 2 is 2.05 bits per heavy atom. The van der Waals surface area contributed by atoms with Crippen molar-refractivity contribution in [3.8, 4) is 5.75 Å². The van der Waals surface area contributed by atoms with E-state index in [1.807, 2.05) is 0 Å². The summed E-state index contributed by atoms with van der Waals surface area (Å²) in [6.07, 6.45) is -0.340. The number of hydrogen-bond acceptors (Lipinski definition) is 4. The molecule has 1 aromatic rings. The lowest BCUT2D eigenvalue weighted by Crippen LogP contribution is -2.27. The average molecular weight is 326 g/mol. The molecule has 0 N–H and O–H groups in total. The number of anilines is 1. The van der Waals surface area contributed by atoms with E-state index in [0.29, 0.717) is 6.07 Å². The molecule has 1 saturated heterocycles. The van der Waals surface area contributed by atoms with Crippen LogP contribution in [0.2, 0.25) is 0 Å². The van der Waals surface area contributed by atoms with Crippen LogP contribution in [0.15, 0.2) is 12.1 Å². The summed E-state index contributed by atoms with van der Waals surface area (Å²) in [5.74, 6) is -2.80. The van der Waals surface area contributed by atoms with Gasteiger partial charge in [-0.3, -0.25) is 4.79 Å². The van der Waals surface area contributed by atoms with Crippen molar-refractivity contribution in [3.63, 3.8) is 0 Å². The summed E-state index contributed by atoms with van der Waals surface area (Å²) in [5, 5.41) is -1.12. The molecule has 0 spiro atoms. The predicted octanol–water partition coefficient (Wildman–Crippen LogP) is 1.65. The number of ether oxygens (including phenoxy) is 1. The van der Waals surface area contributed by atoms with E-state index in [4.69, 9.17) is 15.4 Å². The van der Waals surface area contributed by atoms with Gasteiger partial charge in [-0.25, -0.2) is 17.2 Å². The van der Waals surface area contributed by atoms with Crippen molar-refractivity contribution < 1.29 is 26.7 Å². The molecular formula is C11H10ClF2NO4S. The van der Waals surface area contributed by atoms with Crippen LogP contribution in [-0.4, -0.2) is 33.2 Å². The van der Waals surface area contributed by atoms with Crippen LogP contribution >= 0.6 is 10.7 Å². The highest BCUT2D eigenvalue weighted by Crippen LogP contribution is 2.36. The minimum Gasteiger partial charge on any atom is -0.492 e. The van der Waals surface area contributed by atoms with E-state index < -0.39 is 31.8 Å². The van der Waals surface area contributed by atoms with Crippen LogP contribution in [0.3, 0.4) is 0 Å². The second kappa shape index (κ2) is 5.17. The minimum atomic E-state index is -3.93. The van der Waals surface area contributed by atoms with Gasteiger partial charge in [-0.1, -0.05) is 0 Å². The zero-order valence-electron chi connectivity index (χ0n) is 10.3. The van der Waals surface area contributed by atoms with Gasteiger partial charge in [-0.05, 0) is 0 Å². The standard InChI is InChI=1S/C11H10ClF2NO4S/c1-19-11-8(14)2-6(13)3-9(11)15-5-7(4-10(15)16)20(12,17)18/h2-3,7H,4-5H2,1H3. The topological polar surface area (TPSA) is 63.7 Å². The van der Waals surface area contributed by atoms with Crippen LogP contribution in [0.4, 0.5) is 14.5 Å². The first-order valence-corrected chi connectivity index (χ1v) is 7.88. The van der Waals surface area contributed by atoms with E-state index in [-0.39, 0.29) is 24.4 Å². The summed E-state index contributed by atoms with van der Waals surface area (Å²) in [7, 11) is 2.44. The van der Waals surface area contributed by atoms with Crippen LogP contribution in [0, 0.1) is 11.6 Å². The molecule has 1 amide bonds. The summed E-state index contributed by atoms with van der Waals surface area (Å²) in [6, 6.07) is 1.52. The van der Waals surface area contributed by atoms with Gasteiger partial charge in [-0.2, -0.15) is 0 Å². The number of hydrogen-bond donors (Lipinski definition) is 0. The van der Waals surface area contributed by atoms with Crippen molar-refractivity contribution >= 4 is 31.3 Å². The summed E-state index contributed by atoms with van der Waals surface area (Å²) in [5.41, 5.74) is -0.155. The van der Waals surface area contributed by atoms with Crippen LogP contribution in [0.25, 0.3) is 0 Å². The van der Waals surface area contributed by atoms with Crippen LogP contribution in [-0.2, 0) is 13.8 Å². The first-order chi connectivity index (χ1) is 9.24. The zero-order valence-corrected chi connectivity index (χ0v) is 11.8. The first kappa shape index (κ1) is 15.0. The largest absolute Gasteiger partial charge is 0.492 e. The third-order valence-electron chi connectivity index (χ3n) is 2.97. The van der Waals surface area contributed by atoms with Crippen molar-refractivity contribution in [2.24, 2.45) is 0 Å². The number of carbonyl (C=O) groups excluding carboxylic acids is 1. The maximum atomic E-state index is 13.6. The molecule has 9 heteroatoms. The lowest BCUT2D eigenvalue weighted by atomic mass is 10.2. The van der Waals surface area contributed by atoms with Crippen molar-refractivity contribution in [1.29, 1.82) is 0 Å². The molecule has 0 radical (unpaired) electrons. The fourth-order valence-corrected chi connectivity index (χ4v) is 3.07. The molecule has 5 nitrogen and oxygen atoms in total. The number of methoxy groups -OCH3 is 1. The molecule has 1 atom stereocenters. The van der Waals surface area contributed by atoms with E-state index in [1.54, 1.807) is 0 Å². The molecule has 2 rings (SSSR count). The molecular weight excluding hydrogens is 316 g/mol. The fraction of sp³-hybridized carbons (Fsp3) is 0.364. The van der Waals surface area contributed by atoms with E-state index in [2.05, 4.69) is 0 Å². The lowest BCUT2D eigenvalue weighted by Gasteiger charge is -2.19. The summed E-state index contributed by atoms with van der Waals surface area (Å²) in [4.78, 5) is 12.8. The van der Waals surface area contributed by atoms with Gasteiger partial charge in [0.15, 0.2) is 11.6 Å². The van der Waals surface area contributed by atoms with Gasteiger partial charge in [0.2, 0.25) is 15.0 Å². The molecule has 0 bridgehead atoms. The zero-order chi connectivity index (χ0) is 15.1. The van der Waals surface area contributed by atoms with Crippen LogP contribution < -0.4 is 9.64 Å². The van der Waals surface area contributed by atoms with Gasteiger partial charge in [0.05, 0.1) is 12.8 Å². The van der Waals surface area contributed by atoms with Gasteiger partial charge < -0.3 is 9.64 Å². The molecule has 0 aliphatic carbocycles. The van der Waals surface area contributed by atoms with Gasteiger partial charge in [0.1, 0.15) is 11.1 Å². The highest BCUT2D eigenvalue weighted by atomic mass is 35.7. The summed E-state index contributed by atoms with van der Waals surface area (Å²) >= 11 is 0. The minimum absolute atomic E-state index is 0.155. The molecule has 0 aromatic heterocycles. The fourth-order valence-electron chi connectivity index (χ4n) is 2.05. The number of halogens is 3. The van der Waals surface area contributed by atoms with Gasteiger partial charge in [0.25, 0.3) is 0 Å². The molecule has 110 valence electrons. The Balaban J connectivity index is 2.45. The number of benzene rings is 1. The molecule has 1 fully saturated rings. The summed E-state index contributed by atoms with van der Waals surface area (Å²) in [6.45, 7) is -0.274. The Morgan fingerprint density at radius 3 is 2.55 bits per heavy atom. The molecule has 1 aromatic carbocycles. The Bertz CT molecular complexity index is 665. The third-order valence-corrected chi connectivity index (χ3v) is 4.84. The van der Waals surface area contributed by atoms with Crippen molar-refractivity contribution in [1.82, 2.24) is 0 Å². The maximum absolute atomic E-state index is 13.6. The molecule has 1 unspecified atom stereocenters. The van der Waals surface area contributed by atoms with Gasteiger partial charge >= 0.3 is 0 Å². The monoisotopic (exact) mass is 325 g/mol. The predicted molar refractivity (Wildman–Crippen MR) is 68.4 cm³/mol. The number of rotatable bonds is 3. The van der Waals surface area contributed by atoms with Gasteiger partial charge in [-0.15, -0.1) is 0 Å². The molecule has 20 heavy (non-hydrogen) atoms. The normalized spacial score (nSPS) is 19.5. The second-order valence-electron chi connectivity index (χ2n) is 4.25. The quantitative estimate of drug-likeness (QED) is 0.793. The van der Waals surface area contributed by atoms with E-state index in [9.17, 15) is 22.0 Å². The molecule has 0 saturated carbocycles. The average Bonchev–Trinajstić information content (AvgIpc) is 2.70. The number of amides is 1. The lowest BCUT2D eigenvalue weighted by molar-refractivity contribution is -0.117. The Morgan fingerprint density at radius 1 is 1.40 bits per heavy atom. The van der Waals surface area contributed by atoms with E-state index in [0.717, 1.165) is 18.1 Å². The van der Waals surface area contributed by atoms with E-state index >= 15 is 0 Å². The third kappa shape index (κ3) is 2.71. The van der Waals surface area contributed by atoms with Crippen molar-refractivity contribution in [2.75, 3.05) is 18.6 Å². The molecule has 1 heterocycles. The maximum Gasteiger partial charge on any atom is 0.237 e. The highest BCUT2D eigenvalue weighted by molar-refractivity contribution is 8.14. The van der Waals surface area contributed by atoms with Crippen molar-refractivity contribution in [3.05, 3.63) is 23.8 Å².